The van der Waals surface area contributed by atoms with Gasteiger partial charge in [-0.05, 0) is 59.7 Å². The molecule has 0 saturated heterocycles. The summed E-state index contributed by atoms with van der Waals surface area (Å²) in [7, 11) is 0. The third-order valence-corrected chi connectivity index (χ3v) is 5.49. The highest BCUT2D eigenvalue weighted by molar-refractivity contribution is 5.95. The summed E-state index contributed by atoms with van der Waals surface area (Å²) in [6.45, 7) is 2.83. The summed E-state index contributed by atoms with van der Waals surface area (Å²) in [6, 6.07) is 17.5. The molecule has 3 heterocycles. The first-order valence-corrected chi connectivity index (χ1v) is 9.91. The zero-order valence-electron chi connectivity index (χ0n) is 16.3. The van der Waals surface area contributed by atoms with Crippen LogP contribution in [0.25, 0.3) is 22.2 Å². The van der Waals surface area contributed by atoms with Crippen LogP contribution in [0, 0.1) is 0 Å². The van der Waals surface area contributed by atoms with Gasteiger partial charge in [0.1, 0.15) is 12.4 Å². The second kappa shape index (κ2) is 7.65. The Hall–Kier alpha value is -3.64. The van der Waals surface area contributed by atoms with Crippen molar-refractivity contribution in [1.29, 1.82) is 0 Å². The number of rotatable bonds is 4. The Morgan fingerprint density at radius 3 is 2.80 bits per heavy atom. The van der Waals surface area contributed by atoms with E-state index in [2.05, 4.69) is 33.1 Å². The van der Waals surface area contributed by atoms with E-state index < -0.39 is 5.97 Å². The fraction of sp³-hybridized carbons (Fsp3) is 0.167. The van der Waals surface area contributed by atoms with E-state index in [0.29, 0.717) is 12.2 Å². The number of aromatic carboxylic acids is 1. The molecule has 2 aromatic heterocycles. The highest BCUT2D eigenvalue weighted by Gasteiger charge is 2.18. The third-order valence-electron chi connectivity index (χ3n) is 5.49. The van der Waals surface area contributed by atoms with Crippen molar-refractivity contribution in [3.05, 3.63) is 83.7 Å². The number of carboxylic acids is 1. The van der Waals surface area contributed by atoms with Crippen LogP contribution in [0.15, 0.2) is 67.0 Å². The maximum absolute atomic E-state index is 11.4. The van der Waals surface area contributed by atoms with E-state index in [-0.39, 0.29) is 0 Å². The molecule has 0 saturated carbocycles. The van der Waals surface area contributed by atoms with Crippen LogP contribution in [-0.4, -0.2) is 27.2 Å². The zero-order chi connectivity index (χ0) is 20.5. The van der Waals surface area contributed by atoms with E-state index >= 15 is 0 Å². The lowest BCUT2D eigenvalue weighted by Crippen LogP contribution is -2.22. The molecule has 6 nitrogen and oxygen atoms in total. The topological polar surface area (TPSA) is 76.4 Å². The maximum atomic E-state index is 11.4. The molecule has 0 atom stereocenters. The van der Waals surface area contributed by atoms with Crippen molar-refractivity contribution >= 4 is 16.9 Å². The maximum Gasteiger partial charge on any atom is 0.335 e. The van der Waals surface area contributed by atoms with E-state index in [1.54, 1.807) is 24.5 Å². The molecule has 1 aliphatic rings. The van der Waals surface area contributed by atoms with Gasteiger partial charge in [0.25, 0.3) is 0 Å². The van der Waals surface area contributed by atoms with Crippen LogP contribution >= 0.6 is 0 Å². The Morgan fingerprint density at radius 2 is 1.97 bits per heavy atom. The molecule has 0 radical (unpaired) electrons. The van der Waals surface area contributed by atoms with Crippen LogP contribution < -0.4 is 10.1 Å². The van der Waals surface area contributed by atoms with Gasteiger partial charge in [0, 0.05) is 54.2 Å². The van der Waals surface area contributed by atoms with Crippen LogP contribution in [0.3, 0.4) is 0 Å². The minimum absolute atomic E-state index is 0.304. The first-order chi connectivity index (χ1) is 14.7. The number of nitrogens with zero attached hydrogens (tertiary/aromatic N) is 2. The Labute approximate surface area is 173 Å². The lowest BCUT2D eigenvalue weighted by atomic mass is 10.0. The summed E-state index contributed by atoms with van der Waals surface area (Å²) in [6.07, 6.45) is 3.52. The fourth-order valence-electron chi connectivity index (χ4n) is 3.97. The molecule has 5 rings (SSSR count). The average molecular weight is 399 g/mol. The van der Waals surface area contributed by atoms with Crippen molar-refractivity contribution in [2.24, 2.45) is 0 Å². The minimum Gasteiger partial charge on any atom is -0.489 e. The smallest absolute Gasteiger partial charge is 0.335 e. The molecule has 30 heavy (non-hydrogen) atoms. The van der Waals surface area contributed by atoms with Crippen molar-refractivity contribution in [2.45, 2.75) is 19.7 Å². The summed E-state index contributed by atoms with van der Waals surface area (Å²) in [5, 5.41) is 13.9. The summed E-state index contributed by atoms with van der Waals surface area (Å²) < 4.78 is 8.19. The molecule has 0 bridgehead atoms. The SMILES string of the molecule is O=C(O)c1ccc2cc3n(c2c1)CCNCc1cc(OCc2ccncc2)ccc1-3. The number of benzene rings is 2. The summed E-state index contributed by atoms with van der Waals surface area (Å²) in [5.74, 6) is -0.0865. The predicted molar refractivity (Wildman–Crippen MR) is 115 cm³/mol. The van der Waals surface area contributed by atoms with Crippen LogP contribution in [0.5, 0.6) is 5.75 Å². The Balaban J connectivity index is 1.53. The van der Waals surface area contributed by atoms with Gasteiger partial charge in [0.2, 0.25) is 0 Å². The van der Waals surface area contributed by atoms with Gasteiger partial charge in [-0.15, -0.1) is 0 Å². The average Bonchev–Trinajstić information content (AvgIpc) is 3.11. The van der Waals surface area contributed by atoms with Crippen LogP contribution in [-0.2, 0) is 19.7 Å². The van der Waals surface area contributed by atoms with Gasteiger partial charge < -0.3 is 19.7 Å². The van der Waals surface area contributed by atoms with Gasteiger partial charge in [-0.1, -0.05) is 6.07 Å². The first-order valence-electron chi connectivity index (χ1n) is 9.91. The quantitative estimate of drug-likeness (QED) is 0.541. The van der Waals surface area contributed by atoms with Crippen molar-refractivity contribution in [3.63, 3.8) is 0 Å². The normalized spacial score (nSPS) is 13.2. The molecule has 2 N–H and O–H groups in total. The Bertz CT molecular complexity index is 1230. The number of carbonyl (C=O) groups is 1. The summed E-state index contributed by atoms with van der Waals surface area (Å²) in [4.78, 5) is 15.5. The van der Waals surface area contributed by atoms with Crippen LogP contribution in [0.4, 0.5) is 0 Å². The van der Waals surface area contributed by atoms with Crippen LogP contribution in [0.1, 0.15) is 21.5 Å². The van der Waals surface area contributed by atoms with Gasteiger partial charge in [-0.25, -0.2) is 4.79 Å². The molecule has 0 spiro atoms. The van der Waals surface area contributed by atoms with E-state index in [1.165, 1.54) is 0 Å². The number of carboxylic acid groups (broad SMARTS) is 1. The molecule has 4 aromatic rings. The first kappa shape index (κ1) is 18.4. The zero-order valence-corrected chi connectivity index (χ0v) is 16.3. The van der Waals surface area contributed by atoms with Crippen molar-refractivity contribution < 1.29 is 14.6 Å². The predicted octanol–water partition coefficient (Wildman–Crippen LogP) is 4.08. The second-order valence-corrected chi connectivity index (χ2v) is 7.40. The monoisotopic (exact) mass is 399 g/mol. The summed E-state index contributed by atoms with van der Waals surface area (Å²) in [5.41, 5.74) is 5.71. The molecule has 1 aliphatic heterocycles. The van der Waals surface area contributed by atoms with Gasteiger partial charge in [0.05, 0.1) is 5.56 Å². The standard InChI is InChI=1S/C24H21N3O3/c28-24(29)18-2-1-17-12-23-21-4-3-20(30-15-16-5-7-25-8-6-16)11-19(21)14-26-9-10-27(23)22(17)13-18/h1-8,11-13,26H,9-10,14-15H2,(H,28,29). The van der Waals surface area contributed by atoms with Gasteiger partial charge in [-0.3, -0.25) is 4.98 Å². The highest BCUT2D eigenvalue weighted by atomic mass is 16.5. The molecule has 0 aliphatic carbocycles. The molecule has 150 valence electrons. The summed E-state index contributed by atoms with van der Waals surface area (Å²) >= 11 is 0. The second-order valence-electron chi connectivity index (χ2n) is 7.40. The van der Waals surface area contributed by atoms with E-state index in [0.717, 1.165) is 58.7 Å². The highest BCUT2D eigenvalue weighted by Crippen LogP contribution is 2.34. The van der Waals surface area contributed by atoms with Gasteiger partial charge in [-0.2, -0.15) is 0 Å². The largest absolute Gasteiger partial charge is 0.489 e. The Kier molecular flexibility index (Phi) is 4.69. The number of aromatic nitrogens is 2. The van der Waals surface area contributed by atoms with E-state index in [4.69, 9.17) is 4.74 Å². The lowest BCUT2D eigenvalue weighted by molar-refractivity contribution is 0.0697. The van der Waals surface area contributed by atoms with E-state index in [9.17, 15) is 9.90 Å². The van der Waals surface area contributed by atoms with E-state index in [1.807, 2.05) is 24.3 Å². The van der Waals surface area contributed by atoms with Gasteiger partial charge in [0.15, 0.2) is 0 Å². The van der Waals surface area contributed by atoms with Crippen molar-refractivity contribution in [3.8, 4) is 17.0 Å². The fourth-order valence-corrected chi connectivity index (χ4v) is 3.97. The minimum atomic E-state index is -0.909. The third kappa shape index (κ3) is 3.42. The molecule has 0 unspecified atom stereocenters. The molecule has 0 amide bonds. The van der Waals surface area contributed by atoms with Crippen LogP contribution in [0.2, 0.25) is 0 Å². The Morgan fingerprint density at radius 1 is 1.10 bits per heavy atom. The molecule has 2 aromatic carbocycles. The molecular formula is C24H21N3O3. The van der Waals surface area contributed by atoms with Crippen molar-refractivity contribution in [1.82, 2.24) is 14.9 Å². The molecular weight excluding hydrogens is 378 g/mol. The number of ether oxygens (including phenoxy) is 1. The lowest BCUT2D eigenvalue weighted by Gasteiger charge is -2.20. The molecule has 0 fully saturated rings. The number of hydrogen-bond acceptors (Lipinski definition) is 4. The number of fused-ring (bicyclic) bond motifs is 5. The van der Waals surface area contributed by atoms with Gasteiger partial charge >= 0.3 is 5.97 Å². The number of hydrogen-bond donors (Lipinski definition) is 2. The number of nitrogens with one attached hydrogen (secondary N) is 1. The number of pyridine rings is 1. The molecule has 6 heteroatoms. The van der Waals surface area contributed by atoms with Crippen molar-refractivity contribution in [2.75, 3.05) is 6.54 Å².